The lowest BCUT2D eigenvalue weighted by Gasteiger charge is -2.24. The third-order valence-electron chi connectivity index (χ3n) is 3.58. The van der Waals surface area contributed by atoms with Crippen molar-refractivity contribution in [2.45, 2.75) is 20.8 Å². The number of rotatable bonds is 4. The van der Waals surface area contributed by atoms with Crippen LogP contribution in [0.2, 0.25) is 0 Å². The standard InChI is InChI=1S/C16H20P.C2H5O/c1-3-17(4-2,15-11-7-5-8-12-15)16-13-9-6-10-14-16;1-2-3/h5-14H,3-4H2,1-2H3;2H2,1H3/q+1;-1. The van der Waals surface area contributed by atoms with Gasteiger partial charge in [0.2, 0.25) is 0 Å². The molecule has 0 unspecified atom stereocenters. The van der Waals surface area contributed by atoms with E-state index in [9.17, 15) is 0 Å². The van der Waals surface area contributed by atoms with Crippen molar-refractivity contribution < 1.29 is 5.11 Å². The summed E-state index contributed by atoms with van der Waals surface area (Å²) >= 11 is 0. The maximum Gasteiger partial charge on any atom is 0.0991 e. The fourth-order valence-corrected chi connectivity index (χ4v) is 6.22. The molecule has 2 heteroatoms. The van der Waals surface area contributed by atoms with E-state index in [4.69, 9.17) is 5.11 Å². The van der Waals surface area contributed by atoms with E-state index in [1.807, 2.05) is 0 Å². The summed E-state index contributed by atoms with van der Waals surface area (Å²) in [7, 11) is -1.16. The first-order chi connectivity index (χ1) is 9.75. The lowest BCUT2D eigenvalue weighted by atomic mass is 10.4. The van der Waals surface area contributed by atoms with Crippen molar-refractivity contribution in [3.8, 4) is 0 Å². The summed E-state index contributed by atoms with van der Waals surface area (Å²) in [6.07, 6.45) is 2.50. The Kier molecular flexibility index (Phi) is 7.51. The minimum absolute atomic E-state index is 0. The quantitative estimate of drug-likeness (QED) is 0.793. The molecule has 0 radical (unpaired) electrons. The minimum Gasteiger partial charge on any atom is -0.855 e. The van der Waals surface area contributed by atoms with Gasteiger partial charge in [0, 0.05) is 0 Å². The van der Waals surface area contributed by atoms with E-state index in [0.29, 0.717) is 0 Å². The van der Waals surface area contributed by atoms with E-state index in [-0.39, 0.29) is 6.61 Å². The predicted molar refractivity (Wildman–Crippen MR) is 90.7 cm³/mol. The molecule has 2 aromatic carbocycles. The molecule has 0 heterocycles. The second-order valence-electron chi connectivity index (χ2n) is 4.56. The van der Waals surface area contributed by atoms with Gasteiger partial charge in [0.05, 0.1) is 30.2 Å². The van der Waals surface area contributed by atoms with Crippen LogP contribution in [0.15, 0.2) is 60.7 Å². The van der Waals surface area contributed by atoms with Gasteiger partial charge in [0.15, 0.2) is 0 Å². The zero-order chi connectivity index (χ0) is 14.8. The van der Waals surface area contributed by atoms with Crippen molar-refractivity contribution >= 4 is 17.9 Å². The molecular weight excluding hydrogens is 263 g/mol. The van der Waals surface area contributed by atoms with Gasteiger partial charge in [0.1, 0.15) is 0 Å². The summed E-state index contributed by atoms with van der Waals surface area (Å²) in [6.45, 7) is 6.23. The summed E-state index contributed by atoms with van der Waals surface area (Å²) in [5.74, 6) is 0. The number of hydrogen-bond acceptors (Lipinski definition) is 1. The fourth-order valence-electron chi connectivity index (χ4n) is 2.53. The highest BCUT2D eigenvalue weighted by atomic mass is 31.2. The predicted octanol–water partition coefficient (Wildman–Crippen LogP) is 3.06. The zero-order valence-electron chi connectivity index (χ0n) is 12.8. The van der Waals surface area contributed by atoms with Gasteiger partial charge in [-0.15, -0.1) is 6.61 Å². The summed E-state index contributed by atoms with van der Waals surface area (Å²) in [4.78, 5) is 0. The van der Waals surface area contributed by atoms with E-state index in [2.05, 4.69) is 74.5 Å². The molecule has 0 N–H and O–H groups in total. The minimum atomic E-state index is -1.16. The van der Waals surface area contributed by atoms with Gasteiger partial charge in [0.25, 0.3) is 0 Å². The van der Waals surface area contributed by atoms with Crippen LogP contribution in [0, 0.1) is 0 Å². The maximum atomic E-state index is 8.93. The molecule has 2 rings (SSSR count). The fraction of sp³-hybridized carbons (Fsp3) is 0.333. The van der Waals surface area contributed by atoms with Gasteiger partial charge in [-0.1, -0.05) is 43.3 Å². The number of benzene rings is 2. The molecule has 0 atom stereocenters. The Morgan fingerprint density at radius 2 is 1.00 bits per heavy atom. The Hall–Kier alpha value is -1.17. The average Bonchev–Trinajstić information content (AvgIpc) is 2.52. The van der Waals surface area contributed by atoms with E-state index in [1.54, 1.807) is 6.92 Å². The van der Waals surface area contributed by atoms with Crippen molar-refractivity contribution in [2.24, 2.45) is 0 Å². The van der Waals surface area contributed by atoms with Gasteiger partial charge in [-0.2, -0.15) is 0 Å². The van der Waals surface area contributed by atoms with Crippen LogP contribution in [0.1, 0.15) is 20.8 Å². The van der Waals surface area contributed by atoms with Gasteiger partial charge in [-0.25, -0.2) is 0 Å². The molecule has 2 aromatic rings. The van der Waals surface area contributed by atoms with Gasteiger partial charge in [-0.3, -0.25) is 0 Å². The Morgan fingerprint density at radius 3 is 1.25 bits per heavy atom. The molecule has 0 spiro atoms. The average molecular weight is 288 g/mol. The van der Waals surface area contributed by atoms with Crippen LogP contribution >= 0.6 is 7.26 Å². The molecule has 0 aliphatic heterocycles. The van der Waals surface area contributed by atoms with Crippen molar-refractivity contribution in [1.29, 1.82) is 0 Å². The summed E-state index contributed by atoms with van der Waals surface area (Å²) in [6, 6.07) is 22.1. The summed E-state index contributed by atoms with van der Waals surface area (Å²) < 4.78 is 0. The normalized spacial score (nSPS) is 10.6. The van der Waals surface area contributed by atoms with Gasteiger partial charge in [-0.05, 0) is 38.1 Å². The molecule has 0 bridgehead atoms. The molecule has 20 heavy (non-hydrogen) atoms. The van der Waals surface area contributed by atoms with Crippen LogP contribution in [0.25, 0.3) is 0 Å². The smallest absolute Gasteiger partial charge is 0.0991 e. The van der Waals surface area contributed by atoms with Crippen LogP contribution in [-0.2, 0) is 0 Å². The van der Waals surface area contributed by atoms with Crippen LogP contribution < -0.4 is 15.7 Å². The molecule has 0 aromatic heterocycles. The first-order valence-corrected chi connectivity index (χ1v) is 9.47. The van der Waals surface area contributed by atoms with E-state index in [0.717, 1.165) is 0 Å². The summed E-state index contributed by atoms with van der Waals surface area (Å²) in [5.41, 5.74) is 0. The van der Waals surface area contributed by atoms with Crippen molar-refractivity contribution in [3.05, 3.63) is 60.7 Å². The van der Waals surface area contributed by atoms with Crippen molar-refractivity contribution in [3.63, 3.8) is 0 Å². The monoisotopic (exact) mass is 288 g/mol. The molecule has 0 saturated carbocycles. The molecule has 1 nitrogen and oxygen atoms in total. The van der Waals surface area contributed by atoms with Crippen LogP contribution in [0.4, 0.5) is 0 Å². The van der Waals surface area contributed by atoms with Crippen LogP contribution in [0.5, 0.6) is 0 Å². The van der Waals surface area contributed by atoms with Crippen molar-refractivity contribution in [1.82, 2.24) is 0 Å². The van der Waals surface area contributed by atoms with E-state index < -0.39 is 7.26 Å². The van der Waals surface area contributed by atoms with E-state index in [1.165, 1.54) is 22.9 Å². The Morgan fingerprint density at radius 1 is 0.700 bits per heavy atom. The molecule has 108 valence electrons. The highest BCUT2D eigenvalue weighted by molar-refractivity contribution is 7.89. The summed E-state index contributed by atoms with van der Waals surface area (Å²) in [5, 5.41) is 12.0. The second kappa shape index (κ2) is 8.89. The van der Waals surface area contributed by atoms with Gasteiger partial charge >= 0.3 is 0 Å². The van der Waals surface area contributed by atoms with Crippen molar-refractivity contribution in [2.75, 3.05) is 18.9 Å². The molecule has 0 aliphatic carbocycles. The molecule has 0 fully saturated rings. The van der Waals surface area contributed by atoms with Gasteiger partial charge < -0.3 is 5.11 Å². The molecule has 0 saturated heterocycles. The molecule has 0 amide bonds. The maximum absolute atomic E-state index is 8.93. The lowest BCUT2D eigenvalue weighted by molar-refractivity contribution is -0.361. The third-order valence-corrected chi connectivity index (χ3v) is 8.31. The first kappa shape index (κ1) is 16.9. The molecule has 0 aliphatic rings. The van der Waals surface area contributed by atoms with Crippen LogP contribution in [0.3, 0.4) is 0 Å². The van der Waals surface area contributed by atoms with Crippen LogP contribution in [-0.4, -0.2) is 18.9 Å². The van der Waals surface area contributed by atoms with E-state index >= 15 is 0 Å². The highest BCUT2D eigenvalue weighted by Gasteiger charge is 2.38. The lowest BCUT2D eigenvalue weighted by Crippen LogP contribution is -2.25. The Bertz CT molecular complexity index is 422. The molecular formula is C18H25OP. The zero-order valence-corrected chi connectivity index (χ0v) is 13.6. The third kappa shape index (κ3) is 3.91. The Labute approximate surface area is 124 Å². The Balaban J connectivity index is 0.000000612. The second-order valence-corrected chi connectivity index (χ2v) is 8.79. The highest BCUT2D eigenvalue weighted by Crippen LogP contribution is 2.55. The number of hydrogen-bond donors (Lipinski definition) is 0. The topological polar surface area (TPSA) is 23.1 Å². The SMILES string of the molecule is CC[O-].CC[P+](CC)(c1ccccc1)c1ccccc1. The largest absolute Gasteiger partial charge is 0.855 e. The first-order valence-electron chi connectivity index (χ1n) is 7.31.